The molecule has 8 heteroatoms. The average Bonchev–Trinajstić information content (AvgIpc) is 2.74. The SMILES string of the molecule is CCCCCc1cccc(Nc2nc(Nc3ccc(C#N)cc3)ncc2C(F)(F)F)c1. The molecule has 0 aliphatic carbocycles. The summed E-state index contributed by atoms with van der Waals surface area (Å²) in [5.41, 5.74) is 1.66. The van der Waals surface area contributed by atoms with Gasteiger partial charge >= 0.3 is 6.18 Å². The normalized spacial score (nSPS) is 11.1. The summed E-state index contributed by atoms with van der Waals surface area (Å²) >= 11 is 0. The van der Waals surface area contributed by atoms with E-state index >= 15 is 0 Å². The molecule has 2 N–H and O–H groups in total. The highest BCUT2D eigenvalue weighted by molar-refractivity contribution is 5.63. The highest BCUT2D eigenvalue weighted by Crippen LogP contribution is 2.35. The van der Waals surface area contributed by atoms with E-state index in [-0.39, 0.29) is 11.8 Å². The molecule has 1 heterocycles. The summed E-state index contributed by atoms with van der Waals surface area (Å²) in [4.78, 5) is 7.86. The van der Waals surface area contributed by atoms with Crippen LogP contribution in [0.15, 0.2) is 54.7 Å². The number of benzene rings is 2. The first-order valence-corrected chi connectivity index (χ1v) is 9.96. The number of nitrogens with zero attached hydrogens (tertiary/aromatic N) is 3. The fourth-order valence-electron chi connectivity index (χ4n) is 3.02. The van der Waals surface area contributed by atoms with E-state index in [0.717, 1.165) is 37.4 Å². The summed E-state index contributed by atoms with van der Waals surface area (Å²) in [6.07, 6.45) is 0.250. The molecule has 0 amide bonds. The number of hydrogen-bond acceptors (Lipinski definition) is 5. The Morgan fingerprint density at radius 2 is 1.77 bits per heavy atom. The van der Waals surface area contributed by atoms with Gasteiger partial charge in [-0.25, -0.2) is 4.98 Å². The van der Waals surface area contributed by atoms with Crippen molar-refractivity contribution >= 4 is 23.1 Å². The fourth-order valence-corrected chi connectivity index (χ4v) is 3.02. The molecule has 0 fully saturated rings. The van der Waals surface area contributed by atoms with E-state index < -0.39 is 11.7 Å². The molecule has 160 valence electrons. The number of rotatable bonds is 8. The molecule has 0 unspecified atom stereocenters. The molecule has 0 saturated carbocycles. The molecule has 2 aromatic carbocycles. The van der Waals surface area contributed by atoms with E-state index in [2.05, 4.69) is 27.5 Å². The van der Waals surface area contributed by atoms with Gasteiger partial charge in [-0.05, 0) is 54.8 Å². The lowest BCUT2D eigenvalue weighted by molar-refractivity contribution is -0.137. The Hall–Kier alpha value is -3.60. The summed E-state index contributed by atoms with van der Waals surface area (Å²) in [6.45, 7) is 2.12. The van der Waals surface area contributed by atoms with Crippen LogP contribution in [0.2, 0.25) is 0 Å². The van der Waals surface area contributed by atoms with Crippen LogP contribution in [0.4, 0.5) is 36.3 Å². The Labute approximate surface area is 179 Å². The lowest BCUT2D eigenvalue weighted by Gasteiger charge is -2.15. The zero-order chi connectivity index (χ0) is 22.3. The third-order valence-electron chi connectivity index (χ3n) is 4.62. The second-order valence-electron chi connectivity index (χ2n) is 7.05. The maximum Gasteiger partial charge on any atom is 0.421 e. The monoisotopic (exact) mass is 425 g/mol. The van der Waals surface area contributed by atoms with Gasteiger partial charge in [0, 0.05) is 17.6 Å². The predicted octanol–water partition coefficient (Wildman–Crippen LogP) is 6.59. The van der Waals surface area contributed by atoms with Crippen molar-refractivity contribution < 1.29 is 13.2 Å². The van der Waals surface area contributed by atoms with Crippen LogP contribution in [-0.4, -0.2) is 9.97 Å². The predicted molar refractivity (Wildman–Crippen MR) is 114 cm³/mol. The number of aromatic nitrogens is 2. The number of aryl methyl sites for hydroxylation is 1. The molecular weight excluding hydrogens is 403 g/mol. The molecule has 1 aromatic heterocycles. The van der Waals surface area contributed by atoms with E-state index in [4.69, 9.17) is 5.26 Å². The maximum absolute atomic E-state index is 13.5. The zero-order valence-electron chi connectivity index (χ0n) is 17.0. The van der Waals surface area contributed by atoms with Gasteiger partial charge in [-0.3, -0.25) is 0 Å². The van der Waals surface area contributed by atoms with E-state index in [9.17, 15) is 13.2 Å². The largest absolute Gasteiger partial charge is 0.421 e. The van der Waals surface area contributed by atoms with Crippen molar-refractivity contribution in [2.75, 3.05) is 10.6 Å². The highest BCUT2D eigenvalue weighted by atomic mass is 19.4. The number of unbranched alkanes of at least 4 members (excludes halogenated alkanes) is 2. The first-order chi connectivity index (χ1) is 14.9. The maximum atomic E-state index is 13.5. The van der Waals surface area contributed by atoms with Crippen molar-refractivity contribution in [3.05, 3.63) is 71.4 Å². The lowest BCUT2D eigenvalue weighted by Crippen LogP contribution is -2.12. The molecule has 0 saturated heterocycles. The van der Waals surface area contributed by atoms with Gasteiger partial charge in [0.05, 0.1) is 11.6 Å². The number of hydrogen-bond donors (Lipinski definition) is 2. The van der Waals surface area contributed by atoms with E-state index in [1.54, 1.807) is 30.3 Å². The van der Waals surface area contributed by atoms with Gasteiger partial charge in [0.2, 0.25) is 5.95 Å². The molecule has 3 aromatic rings. The molecule has 3 rings (SSSR count). The summed E-state index contributed by atoms with van der Waals surface area (Å²) < 4.78 is 40.5. The van der Waals surface area contributed by atoms with Crippen molar-refractivity contribution in [1.82, 2.24) is 9.97 Å². The van der Waals surface area contributed by atoms with Crippen molar-refractivity contribution in [2.24, 2.45) is 0 Å². The Kier molecular flexibility index (Phi) is 7.08. The molecule has 0 bridgehead atoms. The van der Waals surface area contributed by atoms with Crippen LogP contribution in [0.1, 0.15) is 42.9 Å². The number of halogens is 3. The number of anilines is 4. The first-order valence-electron chi connectivity index (χ1n) is 9.96. The summed E-state index contributed by atoms with van der Waals surface area (Å²) in [7, 11) is 0. The van der Waals surface area contributed by atoms with E-state index in [0.29, 0.717) is 16.9 Å². The van der Waals surface area contributed by atoms with Crippen LogP contribution in [0.25, 0.3) is 0 Å². The van der Waals surface area contributed by atoms with Gasteiger partial charge in [0.25, 0.3) is 0 Å². The molecule has 0 atom stereocenters. The molecule has 31 heavy (non-hydrogen) atoms. The smallest absolute Gasteiger partial charge is 0.340 e. The minimum Gasteiger partial charge on any atom is -0.340 e. The Balaban J connectivity index is 1.85. The average molecular weight is 425 g/mol. The summed E-state index contributed by atoms with van der Waals surface area (Å²) in [6, 6.07) is 15.8. The van der Waals surface area contributed by atoms with Crippen LogP contribution in [0.3, 0.4) is 0 Å². The minimum atomic E-state index is -4.60. The zero-order valence-corrected chi connectivity index (χ0v) is 17.0. The quantitative estimate of drug-likeness (QED) is 0.399. The van der Waals surface area contributed by atoms with Gasteiger partial charge in [-0.2, -0.15) is 23.4 Å². The highest BCUT2D eigenvalue weighted by Gasteiger charge is 2.35. The van der Waals surface area contributed by atoms with Crippen LogP contribution in [0, 0.1) is 11.3 Å². The fraction of sp³-hybridized carbons (Fsp3) is 0.261. The number of nitriles is 1. The topological polar surface area (TPSA) is 73.6 Å². The molecule has 0 aliphatic rings. The summed E-state index contributed by atoms with van der Waals surface area (Å²) in [5.74, 6) is -0.316. The molecular formula is C23H22F3N5. The van der Waals surface area contributed by atoms with Crippen LogP contribution in [0.5, 0.6) is 0 Å². The molecule has 0 radical (unpaired) electrons. The minimum absolute atomic E-state index is 0.0132. The Morgan fingerprint density at radius 3 is 2.45 bits per heavy atom. The third kappa shape index (κ3) is 6.19. The Bertz CT molecular complexity index is 1060. The van der Waals surface area contributed by atoms with Crippen LogP contribution >= 0.6 is 0 Å². The van der Waals surface area contributed by atoms with Crippen LogP contribution in [-0.2, 0) is 12.6 Å². The second-order valence-corrected chi connectivity index (χ2v) is 7.05. The first kappa shape index (κ1) is 22.1. The number of alkyl halides is 3. The number of nitrogens with one attached hydrogen (secondary N) is 2. The summed E-state index contributed by atoms with van der Waals surface area (Å²) in [5, 5.41) is 14.5. The standard InChI is InChI=1S/C23H22F3N5/c1-2-3-4-6-16-7-5-8-19(13-16)29-21-20(23(24,25)26)15-28-22(31-21)30-18-11-9-17(14-27)10-12-18/h5,7-13,15H,2-4,6H2,1H3,(H2,28,29,30,31). The van der Waals surface area contributed by atoms with Gasteiger partial charge in [0.15, 0.2) is 0 Å². The van der Waals surface area contributed by atoms with Crippen molar-refractivity contribution in [3.8, 4) is 6.07 Å². The van der Waals surface area contributed by atoms with Crippen molar-refractivity contribution in [3.63, 3.8) is 0 Å². The molecule has 0 spiro atoms. The molecule has 5 nitrogen and oxygen atoms in total. The van der Waals surface area contributed by atoms with Gasteiger partial charge in [-0.1, -0.05) is 31.9 Å². The lowest BCUT2D eigenvalue weighted by atomic mass is 10.1. The van der Waals surface area contributed by atoms with Crippen molar-refractivity contribution in [1.29, 1.82) is 5.26 Å². The van der Waals surface area contributed by atoms with Gasteiger partial charge in [0.1, 0.15) is 11.4 Å². The Morgan fingerprint density at radius 1 is 1.00 bits per heavy atom. The second kappa shape index (κ2) is 9.94. The van der Waals surface area contributed by atoms with E-state index in [1.165, 1.54) is 0 Å². The van der Waals surface area contributed by atoms with Gasteiger partial charge < -0.3 is 10.6 Å². The van der Waals surface area contributed by atoms with Crippen molar-refractivity contribution in [2.45, 2.75) is 38.8 Å². The van der Waals surface area contributed by atoms with Crippen LogP contribution < -0.4 is 10.6 Å². The van der Waals surface area contributed by atoms with E-state index in [1.807, 2.05) is 24.3 Å². The van der Waals surface area contributed by atoms with Gasteiger partial charge in [-0.15, -0.1) is 0 Å². The molecule has 0 aliphatic heterocycles. The third-order valence-corrected chi connectivity index (χ3v) is 4.62.